The van der Waals surface area contributed by atoms with E-state index < -0.39 is 5.97 Å². The summed E-state index contributed by atoms with van der Waals surface area (Å²) in [7, 11) is 0. The number of ether oxygens (including phenoxy) is 1. The molecular formula is C16H23N3O4. The molecule has 1 heterocycles. The number of aromatic nitrogens is 1. The van der Waals surface area contributed by atoms with Gasteiger partial charge in [-0.1, -0.05) is 13.8 Å². The summed E-state index contributed by atoms with van der Waals surface area (Å²) in [5, 5.41) is 14.4. The summed E-state index contributed by atoms with van der Waals surface area (Å²) < 4.78 is 5.47. The van der Waals surface area contributed by atoms with Gasteiger partial charge in [-0.2, -0.15) is 0 Å². The molecule has 7 heteroatoms. The molecule has 2 atom stereocenters. The summed E-state index contributed by atoms with van der Waals surface area (Å²) in [6.07, 6.45) is 3.29. The lowest BCUT2D eigenvalue weighted by molar-refractivity contribution is -0.141. The third-order valence-corrected chi connectivity index (χ3v) is 3.68. The highest BCUT2D eigenvalue weighted by molar-refractivity contribution is 5.89. The fourth-order valence-corrected chi connectivity index (χ4v) is 2.48. The predicted molar refractivity (Wildman–Crippen MR) is 85.5 cm³/mol. The van der Waals surface area contributed by atoms with Crippen molar-refractivity contribution in [3.8, 4) is 5.88 Å². The Balaban J connectivity index is 1.78. The van der Waals surface area contributed by atoms with E-state index in [1.807, 2.05) is 0 Å². The van der Waals surface area contributed by atoms with E-state index in [4.69, 9.17) is 9.84 Å². The van der Waals surface area contributed by atoms with Gasteiger partial charge in [0.25, 0.3) is 0 Å². The van der Waals surface area contributed by atoms with Crippen molar-refractivity contribution in [3.05, 3.63) is 18.3 Å². The number of carbonyl (C=O) groups excluding carboxylic acids is 1. The van der Waals surface area contributed by atoms with Crippen LogP contribution in [0.1, 0.15) is 33.1 Å². The van der Waals surface area contributed by atoms with Crippen molar-refractivity contribution in [1.82, 2.24) is 10.3 Å². The Hall–Kier alpha value is -2.31. The molecule has 2 rings (SSSR count). The van der Waals surface area contributed by atoms with E-state index in [1.165, 1.54) is 6.20 Å². The summed E-state index contributed by atoms with van der Waals surface area (Å²) in [6.45, 7) is 4.70. The zero-order chi connectivity index (χ0) is 16.8. The normalized spacial score (nSPS) is 20.3. The maximum Gasteiger partial charge on any atom is 0.319 e. The molecule has 0 saturated heterocycles. The third kappa shape index (κ3) is 5.43. The number of pyridine rings is 1. The van der Waals surface area contributed by atoms with Crippen LogP contribution in [0, 0.1) is 11.8 Å². The van der Waals surface area contributed by atoms with Crippen LogP contribution in [-0.2, 0) is 4.79 Å². The van der Waals surface area contributed by atoms with E-state index >= 15 is 0 Å². The first-order chi connectivity index (χ1) is 10.9. The first kappa shape index (κ1) is 17.1. The number of carboxylic acids is 1. The van der Waals surface area contributed by atoms with Gasteiger partial charge in [-0.15, -0.1) is 0 Å². The van der Waals surface area contributed by atoms with Crippen LogP contribution in [0.3, 0.4) is 0 Å². The molecule has 0 radical (unpaired) electrons. The summed E-state index contributed by atoms with van der Waals surface area (Å²) in [6, 6.07) is 2.97. The molecule has 0 spiro atoms. The Morgan fingerprint density at radius 3 is 2.74 bits per heavy atom. The standard InChI is InChI=1S/C16H23N3O4/c1-10(2)9-23-14-6-5-13(8-17-14)19-16(22)18-12-4-3-11(7-12)15(20)21/h5-6,8,10-12H,3-4,7,9H2,1-2H3,(H,20,21)(H2,18,19,22)/t11-,12+/m0/s1. The van der Waals surface area contributed by atoms with E-state index in [9.17, 15) is 9.59 Å². The maximum absolute atomic E-state index is 11.9. The van der Waals surface area contributed by atoms with Gasteiger partial charge in [-0.25, -0.2) is 9.78 Å². The Labute approximate surface area is 135 Å². The van der Waals surface area contributed by atoms with Gasteiger partial charge in [0.1, 0.15) is 0 Å². The van der Waals surface area contributed by atoms with Crippen molar-refractivity contribution in [3.63, 3.8) is 0 Å². The van der Waals surface area contributed by atoms with Crippen LogP contribution in [0.15, 0.2) is 18.3 Å². The molecule has 126 valence electrons. The predicted octanol–water partition coefficient (Wildman–Crippen LogP) is 2.49. The molecule has 1 aromatic heterocycles. The highest BCUT2D eigenvalue weighted by Gasteiger charge is 2.30. The van der Waals surface area contributed by atoms with Gasteiger partial charge in [-0.3, -0.25) is 4.79 Å². The van der Waals surface area contributed by atoms with E-state index in [2.05, 4.69) is 29.5 Å². The number of aliphatic carboxylic acids is 1. The van der Waals surface area contributed by atoms with E-state index in [-0.39, 0.29) is 18.0 Å². The number of carbonyl (C=O) groups is 2. The molecule has 1 saturated carbocycles. The zero-order valence-electron chi connectivity index (χ0n) is 13.4. The molecule has 0 aliphatic heterocycles. The Morgan fingerprint density at radius 2 is 2.17 bits per heavy atom. The first-order valence-electron chi connectivity index (χ1n) is 7.83. The summed E-state index contributed by atoms with van der Waals surface area (Å²) in [5.74, 6) is -0.221. The van der Waals surface area contributed by atoms with E-state index in [0.717, 1.165) is 0 Å². The average Bonchev–Trinajstić information content (AvgIpc) is 2.95. The van der Waals surface area contributed by atoms with Crippen LogP contribution in [0.4, 0.5) is 10.5 Å². The lowest BCUT2D eigenvalue weighted by Crippen LogP contribution is -2.36. The molecule has 0 aromatic carbocycles. The molecule has 3 N–H and O–H groups in total. The minimum absolute atomic E-state index is 0.0993. The van der Waals surface area contributed by atoms with Crippen molar-refractivity contribution >= 4 is 17.7 Å². The van der Waals surface area contributed by atoms with Gasteiger partial charge < -0.3 is 20.5 Å². The fraction of sp³-hybridized carbons (Fsp3) is 0.562. The van der Waals surface area contributed by atoms with Crippen LogP contribution >= 0.6 is 0 Å². The number of carboxylic acid groups (broad SMARTS) is 1. The van der Waals surface area contributed by atoms with E-state index in [1.54, 1.807) is 12.1 Å². The molecule has 0 unspecified atom stereocenters. The number of rotatable bonds is 6. The number of hydrogen-bond acceptors (Lipinski definition) is 4. The average molecular weight is 321 g/mol. The zero-order valence-corrected chi connectivity index (χ0v) is 13.4. The summed E-state index contributed by atoms with van der Waals surface area (Å²) in [4.78, 5) is 26.9. The van der Waals surface area contributed by atoms with Gasteiger partial charge in [-0.05, 0) is 31.2 Å². The van der Waals surface area contributed by atoms with Crippen molar-refractivity contribution < 1.29 is 19.4 Å². The highest BCUT2D eigenvalue weighted by Crippen LogP contribution is 2.25. The number of nitrogens with zero attached hydrogens (tertiary/aromatic N) is 1. The molecule has 2 amide bonds. The SMILES string of the molecule is CC(C)COc1ccc(NC(=O)N[C@@H]2CC[C@H](C(=O)O)C2)cn1. The minimum Gasteiger partial charge on any atom is -0.481 e. The summed E-state index contributed by atoms with van der Waals surface area (Å²) in [5.41, 5.74) is 0.562. The maximum atomic E-state index is 11.9. The smallest absolute Gasteiger partial charge is 0.319 e. The molecule has 1 aliphatic carbocycles. The van der Waals surface area contributed by atoms with Crippen LogP contribution in [0.5, 0.6) is 5.88 Å². The van der Waals surface area contributed by atoms with E-state index in [0.29, 0.717) is 43.4 Å². The lowest BCUT2D eigenvalue weighted by Gasteiger charge is -2.13. The Kier molecular flexibility index (Phi) is 5.78. The first-order valence-corrected chi connectivity index (χ1v) is 7.83. The van der Waals surface area contributed by atoms with Crippen LogP contribution < -0.4 is 15.4 Å². The topological polar surface area (TPSA) is 101 Å². The fourth-order valence-electron chi connectivity index (χ4n) is 2.48. The second-order valence-corrected chi connectivity index (χ2v) is 6.23. The van der Waals surface area contributed by atoms with Crippen LogP contribution in [-0.4, -0.2) is 34.7 Å². The van der Waals surface area contributed by atoms with Crippen LogP contribution in [0.2, 0.25) is 0 Å². The molecule has 1 fully saturated rings. The molecule has 1 aromatic rings. The monoisotopic (exact) mass is 321 g/mol. The minimum atomic E-state index is -0.795. The third-order valence-electron chi connectivity index (χ3n) is 3.68. The quantitative estimate of drug-likeness (QED) is 0.747. The van der Waals surface area contributed by atoms with Gasteiger partial charge in [0, 0.05) is 12.1 Å². The second kappa shape index (κ2) is 7.80. The molecular weight excluding hydrogens is 298 g/mol. The lowest BCUT2D eigenvalue weighted by atomic mass is 10.1. The number of hydrogen-bond donors (Lipinski definition) is 3. The van der Waals surface area contributed by atoms with Crippen molar-refractivity contribution in [2.45, 2.75) is 39.2 Å². The van der Waals surface area contributed by atoms with Gasteiger partial charge >= 0.3 is 12.0 Å². The van der Waals surface area contributed by atoms with Crippen LogP contribution in [0.25, 0.3) is 0 Å². The molecule has 1 aliphatic rings. The van der Waals surface area contributed by atoms with Crippen molar-refractivity contribution in [2.75, 3.05) is 11.9 Å². The second-order valence-electron chi connectivity index (χ2n) is 6.23. The molecule has 0 bridgehead atoms. The summed E-state index contributed by atoms with van der Waals surface area (Å²) >= 11 is 0. The van der Waals surface area contributed by atoms with Gasteiger partial charge in [0.05, 0.1) is 24.4 Å². The Morgan fingerprint density at radius 1 is 1.39 bits per heavy atom. The van der Waals surface area contributed by atoms with Gasteiger partial charge in [0.15, 0.2) is 0 Å². The highest BCUT2D eigenvalue weighted by atomic mass is 16.5. The number of nitrogens with one attached hydrogen (secondary N) is 2. The molecule has 23 heavy (non-hydrogen) atoms. The van der Waals surface area contributed by atoms with Crippen molar-refractivity contribution in [1.29, 1.82) is 0 Å². The number of amides is 2. The number of urea groups is 1. The largest absolute Gasteiger partial charge is 0.481 e. The molecule has 7 nitrogen and oxygen atoms in total. The Bertz CT molecular complexity index is 545. The number of anilines is 1. The van der Waals surface area contributed by atoms with Crippen molar-refractivity contribution in [2.24, 2.45) is 11.8 Å². The van der Waals surface area contributed by atoms with Gasteiger partial charge in [0.2, 0.25) is 5.88 Å².